The van der Waals surface area contributed by atoms with Gasteiger partial charge in [0.25, 0.3) is 0 Å². The van der Waals surface area contributed by atoms with E-state index in [2.05, 4.69) is 44.5 Å². The van der Waals surface area contributed by atoms with E-state index >= 15 is 0 Å². The number of carbonyl (C=O) groups excluding carboxylic acids is 1. The fraction of sp³-hybridized carbons (Fsp3) is 0.286. The maximum atomic E-state index is 12.9. The molecule has 1 aliphatic rings. The SMILES string of the molecule is COc1ccc2[nH]c3c(c2c1)CCN(C(=O)C=C(C)C)[C@@H]3c1cc(Br)cs1. The van der Waals surface area contributed by atoms with E-state index in [1.807, 2.05) is 24.8 Å². The lowest BCUT2D eigenvalue weighted by molar-refractivity contribution is -0.128. The lowest BCUT2D eigenvalue weighted by Gasteiger charge is -2.35. The van der Waals surface area contributed by atoms with Gasteiger partial charge in [-0.3, -0.25) is 4.79 Å². The van der Waals surface area contributed by atoms with Crippen molar-refractivity contribution in [3.05, 3.63) is 61.9 Å². The predicted molar refractivity (Wildman–Crippen MR) is 114 cm³/mol. The van der Waals surface area contributed by atoms with Gasteiger partial charge in [0.15, 0.2) is 0 Å². The fourth-order valence-corrected chi connectivity index (χ4v) is 5.29. The molecule has 0 radical (unpaired) electrons. The third-order valence-electron chi connectivity index (χ3n) is 4.89. The molecule has 0 saturated heterocycles. The van der Waals surface area contributed by atoms with E-state index in [0.717, 1.165) is 38.3 Å². The number of halogens is 1. The molecule has 3 heterocycles. The van der Waals surface area contributed by atoms with Crippen LogP contribution in [-0.4, -0.2) is 29.4 Å². The van der Waals surface area contributed by atoms with Gasteiger partial charge in [-0.05, 0) is 66.0 Å². The minimum Gasteiger partial charge on any atom is -0.497 e. The van der Waals surface area contributed by atoms with E-state index < -0.39 is 0 Å². The van der Waals surface area contributed by atoms with Gasteiger partial charge in [0.05, 0.1) is 7.11 Å². The zero-order valence-corrected chi connectivity index (χ0v) is 17.9. The summed E-state index contributed by atoms with van der Waals surface area (Å²) in [5, 5.41) is 3.25. The van der Waals surface area contributed by atoms with Crippen molar-refractivity contribution in [3.8, 4) is 5.75 Å². The molecule has 0 unspecified atom stereocenters. The van der Waals surface area contributed by atoms with Crippen LogP contribution in [0.3, 0.4) is 0 Å². The number of methoxy groups -OCH3 is 1. The van der Waals surface area contributed by atoms with Crippen LogP contribution in [0.25, 0.3) is 10.9 Å². The number of allylic oxidation sites excluding steroid dienone is 1. The van der Waals surface area contributed by atoms with E-state index in [4.69, 9.17) is 4.74 Å². The number of aromatic nitrogens is 1. The number of amides is 1. The number of carbonyl (C=O) groups is 1. The lowest BCUT2D eigenvalue weighted by atomic mass is 9.96. The van der Waals surface area contributed by atoms with Gasteiger partial charge in [0.2, 0.25) is 5.91 Å². The van der Waals surface area contributed by atoms with Crippen LogP contribution >= 0.6 is 27.3 Å². The van der Waals surface area contributed by atoms with E-state index in [9.17, 15) is 4.79 Å². The van der Waals surface area contributed by atoms with Gasteiger partial charge < -0.3 is 14.6 Å². The lowest BCUT2D eigenvalue weighted by Crippen LogP contribution is -2.39. The number of hydrogen-bond acceptors (Lipinski definition) is 3. The molecule has 27 heavy (non-hydrogen) atoms. The summed E-state index contributed by atoms with van der Waals surface area (Å²) in [6.45, 7) is 4.61. The zero-order chi connectivity index (χ0) is 19.1. The Hall–Kier alpha value is -2.05. The summed E-state index contributed by atoms with van der Waals surface area (Å²) in [5.74, 6) is 0.911. The average Bonchev–Trinajstić information content (AvgIpc) is 3.22. The molecule has 0 saturated carbocycles. The number of thiophene rings is 1. The van der Waals surface area contributed by atoms with Crippen LogP contribution in [0.1, 0.15) is 36.0 Å². The normalized spacial score (nSPS) is 16.3. The highest BCUT2D eigenvalue weighted by molar-refractivity contribution is 9.10. The number of aromatic amines is 1. The van der Waals surface area contributed by atoms with Crippen LogP contribution in [0.5, 0.6) is 5.75 Å². The molecular weight excluding hydrogens is 424 g/mol. The Morgan fingerprint density at radius 3 is 2.85 bits per heavy atom. The fourth-order valence-electron chi connectivity index (χ4n) is 3.73. The summed E-state index contributed by atoms with van der Waals surface area (Å²) in [7, 11) is 1.69. The second-order valence-electron chi connectivity index (χ2n) is 7.00. The summed E-state index contributed by atoms with van der Waals surface area (Å²) < 4.78 is 6.45. The quantitative estimate of drug-likeness (QED) is 0.546. The van der Waals surface area contributed by atoms with Crippen LogP contribution < -0.4 is 4.74 Å². The Kier molecular flexibility index (Phi) is 4.86. The number of benzene rings is 1. The number of ether oxygens (including phenoxy) is 1. The first-order valence-electron chi connectivity index (χ1n) is 8.86. The van der Waals surface area contributed by atoms with Crippen molar-refractivity contribution in [2.75, 3.05) is 13.7 Å². The largest absolute Gasteiger partial charge is 0.497 e. The van der Waals surface area contributed by atoms with Crippen molar-refractivity contribution in [1.29, 1.82) is 0 Å². The van der Waals surface area contributed by atoms with Crippen molar-refractivity contribution < 1.29 is 9.53 Å². The van der Waals surface area contributed by atoms with E-state index in [1.165, 1.54) is 10.9 Å². The van der Waals surface area contributed by atoms with Crippen LogP contribution in [0.2, 0.25) is 0 Å². The van der Waals surface area contributed by atoms with Gasteiger partial charge >= 0.3 is 0 Å². The standard InChI is InChI=1S/C21H21BrN2O2S/c1-12(2)8-19(25)24-7-6-15-16-10-14(26-3)4-5-17(16)23-20(15)21(24)18-9-13(22)11-27-18/h4-5,8-11,21,23H,6-7H2,1-3H3/t21-/m1/s1. The molecule has 0 bridgehead atoms. The maximum Gasteiger partial charge on any atom is 0.247 e. The van der Waals surface area contributed by atoms with Crippen LogP contribution in [0.15, 0.2) is 45.8 Å². The van der Waals surface area contributed by atoms with E-state index in [1.54, 1.807) is 24.5 Å². The van der Waals surface area contributed by atoms with Gasteiger partial charge in [-0.25, -0.2) is 0 Å². The van der Waals surface area contributed by atoms with Gasteiger partial charge in [0, 0.05) is 43.9 Å². The predicted octanol–water partition coefficient (Wildman–Crippen LogP) is 5.44. The average molecular weight is 445 g/mol. The molecule has 1 atom stereocenters. The van der Waals surface area contributed by atoms with Gasteiger partial charge in [0.1, 0.15) is 11.8 Å². The molecule has 1 N–H and O–H groups in total. The summed E-state index contributed by atoms with van der Waals surface area (Å²) in [4.78, 5) is 19.6. The van der Waals surface area contributed by atoms with Gasteiger partial charge in [-0.1, -0.05) is 5.57 Å². The third kappa shape index (κ3) is 3.32. The Morgan fingerprint density at radius 1 is 1.37 bits per heavy atom. The van der Waals surface area contributed by atoms with Crippen molar-refractivity contribution >= 4 is 44.1 Å². The van der Waals surface area contributed by atoms with Crippen LogP contribution in [0.4, 0.5) is 0 Å². The molecule has 140 valence electrons. The third-order valence-corrected chi connectivity index (χ3v) is 6.63. The number of nitrogens with one attached hydrogen (secondary N) is 1. The molecular formula is C21H21BrN2O2S. The van der Waals surface area contributed by atoms with Crippen LogP contribution in [-0.2, 0) is 11.2 Å². The molecule has 1 aliphatic heterocycles. The molecule has 2 aromatic heterocycles. The monoisotopic (exact) mass is 444 g/mol. The second kappa shape index (κ2) is 7.17. The van der Waals surface area contributed by atoms with Gasteiger partial charge in [-0.15, -0.1) is 11.3 Å². The minimum atomic E-state index is -0.105. The first-order valence-corrected chi connectivity index (χ1v) is 10.5. The topological polar surface area (TPSA) is 45.3 Å². The Labute approximate surface area is 171 Å². The molecule has 3 aromatic rings. The number of fused-ring (bicyclic) bond motifs is 3. The smallest absolute Gasteiger partial charge is 0.247 e. The molecule has 0 aliphatic carbocycles. The Balaban J connectivity index is 1.88. The minimum absolute atomic E-state index is 0.0615. The Morgan fingerprint density at radius 2 is 2.19 bits per heavy atom. The number of rotatable bonds is 3. The highest BCUT2D eigenvalue weighted by atomic mass is 79.9. The molecule has 0 fully saturated rings. The number of hydrogen-bond donors (Lipinski definition) is 1. The molecule has 1 amide bonds. The van der Waals surface area contributed by atoms with Crippen molar-refractivity contribution in [1.82, 2.24) is 9.88 Å². The summed E-state index contributed by atoms with van der Waals surface area (Å²) >= 11 is 5.23. The Bertz CT molecular complexity index is 1050. The summed E-state index contributed by atoms with van der Waals surface area (Å²) in [6, 6.07) is 8.11. The first kappa shape index (κ1) is 18.3. The zero-order valence-electron chi connectivity index (χ0n) is 15.5. The molecule has 4 nitrogen and oxygen atoms in total. The summed E-state index contributed by atoms with van der Waals surface area (Å²) in [6.07, 6.45) is 2.56. The van der Waals surface area contributed by atoms with Gasteiger partial charge in [-0.2, -0.15) is 0 Å². The maximum absolute atomic E-state index is 12.9. The molecule has 1 aromatic carbocycles. The van der Waals surface area contributed by atoms with Crippen molar-refractivity contribution in [3.63, 3.8) is 0 Å². The van der Waals surface area contributed by atoms with Crippen molar-refractivity contribution in [2.45, 2.75) is 26.3 Å². The number of nitrogens with zero attached hydrogens (tertiary/aromatic N) is 1. The molecule has 4 rings (SSSR count). The molecule has 0 spiro atoms. The summed E-state index contributed by atoms with van der Waals surface area (Å²) in [5.41, 5.74) is 4.48. The van der Waals surface area contributed by atoms with Crippen LogP contribution in [0, 0.1) is 0 Å². The van der Waals surface area contributed by atoms with E-state index in [0.29, 0.717) is 6.54 Å². The highest BCUT2D eigenvalue weighted by Crippen LogP contribution is 2.42. The highest BCUT2D eigenvalue weighted by Gasteiger charge is 2.34. The number of H-pyrrole nitrogens is 1. The molecule has 6 heteroatoms. The van der Waals surface area contributed by atoms with Crippen molar-refractivity contribution in [2.24, 2.45) is 0 Å². The first-order chi connectivity index (χ1) is 13.0. The second-order valence-corrected chi connectivity index (χ2v) is 8.86. The van der Waals surface area contributed by atoms with E-state index in [-0.39, 0.29) is 11.9 Å².